The van der Waals surface area contributed by atoms with Crippen molar-refractivity contribution < 1.29 is 4.74 Å². The van der Waals surface area contributed by atoms with Gasteiger partial charge in [-0.05, 0) is 12.1 Å². The lowest BCUT2D eigenvalue weighted by atomic mass is 10.0. The van der Waals surface area contributed by atoms with Crippen LogP contribution in [0.25, 0.3) is 22.0 Å². The molecule has 0 aliphatic carbocycles. The highest BCUT2D eigenvalue weighted by Gasteiger charge is 2.16. The van der Waals surface area contributed by atoms with Crippen molar-refractivity contribution in [3.05, 3.63) is 54.2 Å². The van der Waals surface area contributed by atoms with Crippen LogP contribution in [0.1, 0.15) is 5.69 Å². The van der Waals surface area contributed by atoms with E-state index < -0.39 is 0 Å². The smallest absolute Gasteiger partial charge is 0.126 e. The van der Waals surface area contributed by atoms with Crippen LogP contribution in [0.2, 0.25) is 0 Å². The number of hydrogen-bond acceptors (Lipinski definition) is 2. The van der Waals surface area contributed by atoms with Gasteiger partial charge in [0.15, 0.2) is 0 Å². The first kappa shape index (κ1) is 13.4. The maximum absolute atomic E-state index is 5.57. The molecule has 0 fully saturated rings. The molecule has 1 N–H and O–H groups in total. The molecule has 1 aromatic heterocycles. The van der Waals surface area contributed by atoms with Crippen LogP contribution < -0.4 is 10.1 Å². The zero-order chi connectivity index (χ0) is 14.9. The predicted molar refractivity (Wildman–Crippen MR) is 90.5 cm³/mol. The Bertz CT molecular complexity index is 819. The summed E-state index contributed by atoms with van der Waals surface area (Å²) in [6, 6.07) is 17.2. The van der Waals surface area contributed by atoms with E-state index in [0.717, 1.165) is 37.4 Å². The van der Waals surface area contributed by atoms with Crippen LogP contribution in [0.15, 0.2) is 48.5 Å². The van der Waals surface area contributed by atoms with Crippen LogP contribution in [-0.4, -0.2) is 24.8 Å². The average Bonchev–Trinajstić information content (AvgIpc) is 2.76. The van der Waals surface area contributed by atoms with Gasteiger partial charge in [-0.15, -0.1) is 0 Å². The second-order valence-corrected chi connectivity index (χ2v) is 5.73. The minimum Gasteiger partial charge on any atom is -0.496 e. The summed E-state index contributed by atoms with van der Waals surface area (Å²) in [5.41, 5.74) is 5.16. The molecular formula is C19H20N2O. The Hall–Kier alpha value is -2.26. The van der Waals surface area contributed by atoms with E-state index in [1.54, 1.807) is 7.11 Å². The zero-order valence-corrected chi connectivity index (χ0v) is 12.8. The average molecular weight is 292 g/mol. The highest BCUT2D eigenvalue weighted by molar-refractivity contribution is 5.96. The van der Waals surface area contributed by atoms with E-state index in [9.17, 15) is 0 Å². The lowest BCUT2D eigenvalue weighted by Gasteiger charge is -2.13. The maximum atomic E-state index is 5.57. The molecule has 2 heterocycles. The molecule has 0 amide bonds. The van der Waals surface area contributed by atoms with Crippen LogP contribution >= 0.6 is 0 Å². The number of methoxy groups -OCH3 is 1. The normalized spacial score (nSPS) is 14.6. The first-order valence-electron chi connectivity index (χ1n) is 7.84. The SMILES string of the molecule is COc1ccccc1-c1cccc2cc3n(c12)CCNCC3. The summed E-state index contributed by atoms with van der Waals surface area (Å²) in [6.07, 6.45) is 1.08. The number of benzene rings is 2. The summed E-state index contributed by atoms with van der Waals surface area (Å²) < 4.78 is 8.04. The second kappa shape index (κ2) is 5.50. The molecule has 0 atom stereocenters. The Morgan fingerprint density at radius 1 is 1.00 bits per heavy atom. The number of nitrogens with one attached hydrogen (secondary N) is 1. The van der Waals surface area contributed by atoms with Crippen molar-refractivity contribution in [3.8, 4) is 16.9 Å². The van der Waals surface area contributed by atoms with Crippen molar-refractivity contribution in [1.82, 2.24) is 9.88 Å². The Kier molecular flexibility index (Phi) is 3.35. The third-order valence-corrected chi connectivity index (χ3v) is 4.47. The van der Waals surface area contributed by atoms with Crippen LogP contribution in [0.4, 0.5) is 0 Å². The van der Waals surface area contributed by atoms with Gasteiger partial charge in [-0.2, -0.15) is 0 Å². The van der Waals surface area contributed by atoms with Gasteiger partial charge in [0, 0.05) is 48.3 Å². The van der Waals surface area contributed by atoms with Crippen molar-refractivity contribution in [1.29, 1.82) is 0 Å². The molecular weight excluding hydrogens is 272 g/mol. The van der Waals surface area contributed by atoms with Gasteiger partial charge in [0.25, 0.3) is 0 Å². The molecule has 1 aliphatic heterocycles. The number of ether oxygens (including phenoxy) is 1. The molecule has 4 rings (SSSR count). The lowest BCUT2D eigenvalue weighted by Crippen LogP contribution is -2.17. The van der Waals surface area contributed by atoms with Gasteiger partial charge in [0.2, 0.25) is 0 Å². The number of para-hydroxylation sites is 2. The van der Waals surface area contributed by atoms with E-state index in [1.165, 1.54) is 22.2 Å². The molecule has 0 radical (unpaired) electrons. The van der Waals surface area contributed by atoms with Crippen molar-refractivity contribution in [2.24, 2.45) is 0 Å². The molecule has 0 saturated carbocycles. The highest BCUT2D eigenvalue weighted by Crippen LogP contribution is 2.36. The first-order valence-corrected chi connectivity index (χ1v) is 7.84. The summed E-state index contributed by atoms with van der Waals surface area (Å²) in [6.45, 7) is 3.10. The third-order valence-electron chi connectivity index (χ3n) is 4.47. The third kappa shape index (κ3) is 2.09. The Morgan fingerprint density at radius 2 is 1.86 bits per heavy atom. The van der Waals surface area contributed by atoms with E-state index in [4.69, 9.17) is 4.74 Å². The number of hydrogen-bond donors (Lipinski definition) is 1. The number of rotatable bonds is 2. The number of aromatic nitrogens is 1. The van der Waals surface area contributed by atoms with Crippen molar-refractivity contribution in [2.45, 2.75) is 13.0 Å². The van der Waals surface area contributed by atoms with Gasteiger partial charge < -0.3 is 14.6 Å². The van der Waals surface area contributed by atoms with Gasteiger partial charge in [-0.25, -0.2) is 0 Å². The van der Waals surface area contributed by atoms with E-state index in [0.29, 0.717) is 0 Å². The fourth-order valence-electron chi connectivity index (χ4n) is 3.46. The molecule has 22 heavy (non-hydrogen) atoms. The second-order valence-electron chi connectivity index (χ2n) is 5.73. The largest absolute Gasteiger partial charge is 0.496 e. The molecule has 0 bridgehead atoms. The highest BCUT2D eigenvalue weighted by atomic mass is 16.5. The summed E-state index contributed by atoms with van der Waals surface area (Å²) in [5.74, 6) is 0.928. The Balaban J connectivity index is 2.00. The number of fused-ring (bicyclic) bond motifs is 3. The summed E-state index contributed by atoms with van der Waals surface area (Å²) in [7, 11) is 1.74. The van der Waals surface area contributed by atoms with Gasteiger partial charge in [0.1, 0.15) is 5.75 Å². The molecule has 3 heteroatoms. The molecule has 0 unspecified atom stereocenters. The van der Waals surface area contributed by atoms with Crippen molar-refractivity contribution in [2.75, 3.05) is 20.2 Å². The van der Waals surface area contributed by atoms with Crippen molar-refractivity contribution >= 4 is 10.9 Å². The first-order chi connectivity index (χ1) is 10.9. The van der Waals surface area contributed by atoms with Gasteiger partial charge in [-0.1, -0.05) is 36.4 Å². The van der Waals surface area contributed by atoms with Crippen LogP contribution in [0, 0.1) is 0 Å². The van der Waals surface area contributed by atoms with Crippen LogP contribution in [-0.2, 0) is 13.0 Å². The Morgan fingerprint density at radius 3 is 2.77 bits per heavy atom. The van der Waals surface area contributed by atoms with Gasteiger partial charge in [-0.3, -0.25) is 0 Å². The molecule has 3 nitrogen and oxygen atoms in total. The summed E-state index contributed by atoms with van der Waals surface area (Å²) in [4.78, 5) is 0. The molecule has 0 saturated heterocycles. The topological polar surface area (TPSA) is 26.2 Å². The molecule has 3 aromatic rings. The van der Waals surface area contributed by atoms with Crippen LogP contribution in [0.3, 0.4) is 0 Å². The minimum atomic E-state index is 0.928. The quantitative estimate of drug-likeness (QED) is 0.783. The van der Waals surface area contributed by atoms with E-state index in [-0.39, 0.29) is 0 Å². The number of nitrogens with zero attached hydrogens (tertiary/aromatic N) is 1. The lowest BCUT2D eigenvalue weighted by molar-refractivity contribution is 0.416. The van der Waals surface area contributed by atoms with E-state index in [2.05, 4.69) is 46.3 Å². The van der Waals surface area contributed by atoms with E-state index in [1.807, 2.05) is 12.1 Å². The van der Waals surface area contributed by atoms with Gasteiger partial charge in [0.05, 0.1) is 12.6 Å². The molecule has 2 aromatic carbocycles. The fraction of sp³-hybridized carbons (Fsp3) is 0.263. The van der Waals surface area contributed by atoms with E-state index >= 15 is 0 Å². The summed E-state index contributed by atoms with van der Waals surface area (Å²) >= 11 is 0. The maximum Gasteiger partial charge on any atom is 0.126 e. The predicted octanol–water partition coefficient (Wildman–Crippen LogP) is 3.46. The fourth-order valence-corrected chi connectivity index (χ4v) is 3.46. The Labute approximate surface area is 130 Å². The molecule has 0 spiro atoms. The standard InChI is InChI=1S/C19H20N2O/c1-22-18-8-3-2-6-16(18)17-7-4-5-14-13-15-9-10-20-11-12-21(15)19(14)17/h2-8,13,20H,9-12H2,1H3. The zero-order valence-electron chi connectivity index (χ0n) is 12.8. The molecule has 1 aliphatic rings. The molecule has 112 valence electrons. The minimum absolute atomic E-state index is 0.928. The van der Waals surface area contributed by atoms with Crippen molar-refractivity contribution in [3.63, 3.8) is 0 Å². The van der Waals surface area contributed by atoms with Crippen LogP contribution in [0.5, 0.6) is 5.75 Å². The monoisotopic (exact) mass is 292 g/mol. The van der Waals surface area contributed by atoms with Gasteiger partial charge >= 0.3 is 0 Å². The summed E-state index contributed by atoms with van der Waals surface area (Å²) in [5, 5.41) is 4.80.